The second-order valence-electron chi connectivity index (χ2n) is 5.09. The summed E-state index contributed by atoms with van der Waals surface area (Å²) < 4.78 is 0. The fourth-order valence-corrected chi connectivity index (χ4v) is 2.93. The maximum atomic E-state index is 12.4. The molecule has 1 aromatic rings. The Morgan fingerprint density at radius 2 is 2.11 bits per heavy atom. The number of carboxylic acids is 1. The van der Waals surface area contributed by atoms with Crippen molar-refractivity contribution in [1.82, 2.24) is 4.90 Å². The molecule has 0 spiro atoms. The third-order valence-electron chi connectivity index (χ3n) is 3.89. The van der Waals surface area contributed by atoms with Crippen LogP contribution in [0.15, 0.2) is 24.3 Å². The summed E-state index contributed by atoms with van der Waals surface area (Å²) in [5.41, 5.74) is 2.10. The van der Waals surface area contributed by atoms with E-state index in [4.69, 9.17) is 5.11 Å². The molecule has 2 N–H and O–H groups in total. The number of fused-ring (bicyclic) bond motifs is 1. The van der Waals surface area contributed by atoms with Gasteiger partial charge in [0.2, 0.25) is 5.91 Å². The van der Waals surface area contributed by atoms with E-state index in [0.717, 1.165) is 17.7 Å². The lowest BCUT2D eigenvalue weighted by Crippen LogP contribution is -2.47. The molecule has 2 atom stereocenters. The summed E-state index contributed by atoms with van der Waals surface area (Å²) in [4.78, 5) is 25.1. The molecule has 1 amide bonds. The molecule has 1 fully saturated rings. The molecule has 2 aliphatic heterocycles. The maximum absolute atomic E-state index is 12.4. The van der Waals surface area contributed by atoms with E-state index in [1.54, 1.807) is 0 Å². The number of hydrogen-bond donors (Lipinski definition) is 2. The van der Waals surface area contributed by atoms with E-state index in [-0.39, 0.29) is 11.9 Å². The van der Waals surface area contributed by atoms with Crippen LogP contribution in [0.5, 0.6) is 0 Å². The Labute approximate surface area is 111 Å². The van der Waals surface area contributed by atoms with Gasteiger partial charge in [0.1, 0.15) is 12.1 Å². The molecule has 100 valence electrons. The first kappa shape index (κ1) is 12.0. The highest BCUT2D eigenvalue weighted by Gasteiger charge is 2.38. The number of benzene rings is 1. The van der Waals surface area contributed by atoms with Gasteiger partial charge >= 0.3 is 5.97 Å². The Hall–Kier alpha value is -2.04. The van der Waals surface area contributed by atoms with E-state index in [0.29, 0.717) is 19.4 Å². The monoisotopic (exact) mass is 260 g/mol. The van der Waals surface area contributed by atoms with E-state index in [9.17, 15) is 9.59 Å². The molecule has 0 aromatic heterocycles. The first-order valence-corrected chi connectivity index (χ1v) is 6.54. The molecule has 0 saturated carbocycles. The molecule has 5 nitrogen and oxygen atoms in total. The van der Waals surface area contributed by atoms with Crippen LogP contribution in [0.1, 0.15) is 18.4 Å². The molecular weight excluding hydrogens is 244 g/mol. The zero-order chi connectivity index (χ0) is 13.4. The first-order valence-electron chi connectivity index (χ1n) is 6.54. The van der Waals surface area contributed by atoms with Crippen molar-refractivity contribution in [2.45, 2.75) is 31.3 Å². The number of para-hydroxylation sites is 1. The second kappa shape index (κ2) is 4.57. The van der Waals surface area contributed by atoms with Crippen LogP contribution in [0, 0.1) is 0 Å². The molecular formula is C14H16N2O3. The smallest absolute Gasteiger partial charge is 0.326 e. The van der Waals surface area contributed by atoms with Gasteiger partial charge in [-0.2, -0.15) is 0 Å². The molecule has 0 radical (unpaired) electrons. The van der Waals surface area contributed by atoms with Crippen molar-refractivity contribution in [2.75, 3.05) is 11.9 Å². The maximum Gasteiger partial charge on any atom is 0.326 e. The van der Waals surface area contributed by atoms with Crippen LogP contribution in [-0.4, -0.2) is 40.5 Å². The average Bonchev–Trinajstić information content (AvgIpc) is 3.04. The summed E-state index contributed by atoms with van der Waals surface area (Å²) in [6.07, 6.45) is 1.96. The van der Waals surface area contributed by atoms with Crippen LogP contribution in [0.25, 0.3) is 0 Å². The molecule has 1 unspecified atom stereocenters. The number of nitrogens with one attached hydrogen (secondary N) is 1. The lowest BCUT2D eigenvalue weighted by molar-refractivity contribution is -0.148. The summed E-state index contributed by atoms with van der Waals surface area (Å²) >= 11 is 0. The van der Waals surface area contributed by atoms with Gasteiger partial charge in [0.25, 0.3) is 0 Å². The number of amides is 1. The molecule has 1 saturated heterocycles. The highest BCUT2D eigenvalue weighted by molar-refractivity contribution is 5.91. The summed E-state index contributed by atoms with van der Waals surface area (Å²) in [7, 11) is 0. The molecule has 0 aliphatic carbocycles. The van der Waals surface area contributed by atoms with Gasteiger partial charge in [-0.3, -0.25) is 4.79 Å². The average molecular weight is 260 g/mol. The molecule has 1 aromatic carbocycles. The van der Waals surface area contributed by atoms with Gasteiger partial charge in [0.05, 0.1) is 0 Å². The van der Waals surface area contributed by atoms with Crippen LogP contribution >= 0.6 is 0 Å². The fraction of sp³-hybridized carbons (Fsp3) is 0.429. The third-order valence-corrected chi connectivity index (χ3v) is 3.89. The molecule has 2 heterocycles. The summed E-state index contributed by atoms with van der Waals surface area (Å²) in [5, 5.41) is 12.3. The van der Waals surface area contributed by atoms with E-state index in [1.807, 2.05) is 24.3 Å². The quantitative estimate of drug-likeness (QED) is 0.835. The molecule has 2 aliphatic rings. The SMILES string of the molecule is O=C(O)C1CCCN1C(=O)[C@@H]1Cc2ccccc2N1. The Balaban J connectivity index is 1.74. The molecule has 3 rings (SSSR count). The summed E-state index contributed by atoms with van der Waals surface area (Å²) in [6, 6.07) is 6.84. The highest BCUT2D eigenvalue weighted by atomic mass is 16.4. The van der Waals surface area contributed by atoms with Crippen molar-refractivity contribution < 1.29 is 14.7 Å². The van der Waals surface area contributed by atoms with Gasteiger partial charge in [-0.05, 0) is 24.5 Å². The predicted molar refractivity (Wildman–Crippen MR) is 69.9 cm³/mol. The summed E-state index contributed by atoms with van der Waals surface area (Å²) in [6.45, 7) is 0.546. The van der Waals surface area contributed by atoms with Crippen LogP contribution in [-0.2, 0) is 16.0 Å². The van der Waals surface area contributed by atoms with Crippen molar-refractivity contribution >= 4 is 17.6 Å². The lowest BCUT2D eigenvalue weighted by Gasteiger charge is -2.24. The van der Waals surface area contributed by atoms with Gasteiger partial charge in [-0.1, -0.05) is 18.2 Å². The van der Waals surface area contributed by atoms with Crippen molar-refractivity contribution in [3.8, 4) is 0 Å². The van der Waals surface area contributed by atoms with Crippen LogP contribution in [0.4, 0.5) is 5.69 Å². The van der Waals surface area contributed by atoms with Gasteiger partial charge < -0.3 is 15.3 Å². The van der Waals surface area contributed by atoms with E-state index < -0.39 is 12.0 Å². The van der Waals surface area contributed by atoms with Crippen LogP contribution in [0.3, 0.4) is 0 Å². The van der Waals surface area contributed by atoms with E-state index in [2.05, 4.69) is 5.32 Å². The zero-order valence-electron chi connectivity index (χ0n) is 10.5. The number of nitrogens with zero attached hydrogens (tertiary/aromatic N) is 1. The van der Waals surface area contributed by atoms with Crippen molar-refractivity contribution in [3.05, 3.63) is 29.8 Å². The van der Waals surface area contributed by atoms with Crippen molar-refractivity contribution in [2.24, 2.45) is 0 Å². The Kier molecular flexibility index (Phi) is 2.89. The molecule has 0 bridgehead atoms. The van der Waals surface area contributed by atoms with Crippen molar-refractivity contribution in [3.63, 3.8) is 0 Å². The van der Waals surface area contributed by atoms with E-state index >= 15 is 0 Å². The Bertz CT molecular complexity index is 504. The highest BCUT2D eigenvalue weighted by Crippen LogP contribution is 2.28. The number of carbonyl (C=O) groups is 2. The number of aliphatic carboxylic acids is 1. The Morgan fingerprint density at radius 3 is 2.84 bits per heavy atom. The standard InChI is InChI=1S/C14H16N2O3/c17-13(16-7-3-6-12(16)14(18)19)11-8-9-4-1-2-5-10(9)15-11/h1-2,4-5,11-12,15H,3,6-8H2,(H,18,19)/t11-,12?/m0/s1. The third kappa shape index (κ3) is 2.05. The fourth-order valence-electron chi connectivity index (χ4n) is 2.93. The molecule has 19 heavy (non-hydrogen) atoms. The summed E-state index contributed by atoms with van der Waals surface area (Å²) in [5.74, 6) is -0.998. The topological polar surface area (TPSA) is 69.6 Å². The normalized spacial score (nSPS) is 24.9. The minimum atomic E-state index is -0.902. The number of carbonyl (C=O) groups excluding carboxylic acids is 1. The zero-order valence-corrected chi connectivity index (χ0v) is 10.5. The number of carboxylic acid groups (broad SMARTS) is 1. The lowest BCUT2D eigenvalue weighted by atomic mass is 10.1. The molecule has 5 heteroatoms. The van der Waals surface area contributed by atoms with Gasteiger partial charge in [0, 0.05) is 18.7 Å². The predicted octanol–water partition coefficient (Wildman–Crippen LogP) is 1.10. The second-order valence-corrected chi connectivity index (χ2v) is 5.09. The van der Waals surface area contributed by atoms with Crippen LogP contribution < -0.4 is 5.32 Å². The van der Waals surface area contributed by atoms with Gasteiger partial charge in [0.15, 0.2) is 0 Å². The number of likely N-dealkylation sites (tertiary alicyclic amines) is 1. The Morgan fingerprint density at radius 1 is 1.32 bits per heavy atom. The van der Waals surface area contributed by atoms with Gasteiger partial charge in [-0.25, -0.2) is 4.79 Å². The number of anilines is 1. The first-order chi connectivity index (χ1) is 9.16. The van der Waals surface area contributed by atoms with Crippen molar-refractivity contribution in [1.29, 1.82) is 0 Å². The van der Waals surface area contributed by atoms with Gasteiger partial charge in [-0.15, -0.1) is 0 Å². The minimum absolute atomic E-state index is 0.0962. The largest absolute Gasteiger partial charge is 0.480 e. The number of hydrogen-bond acceptors (Lipinski definition) is 3. The van der Waals surface area contributed by atoms with Crippen LogP contribution in [0.2, 0.25) is 0 Å². The van der Waals surface area contributed by atoms with E-state index in [1.165, 1.54) is 4.90 Å². The minimum Gasteiger partial charge on any atom is -0.480 e. The number of rotatable bonds is 2.